The number of rotatable bonds is 4. The molecule has 4 rings (SSSR count). The Balaban J connectivity index is 1.71. The SMILES string of the molecule is CCC[C@@H]1N(C(=O)c2ccc(OC)nc2)CC[C@@]12C(=O)Nc1ccccc12. The van der Waals surface area contributed by atoms with Crippen LogP contribution < -0.4 is 10.1 Å². The highest BCUT2D eigenvalue weighted by Gasteiger charge is 2.58. The van der Waals surface area contributed by atoms with Crippen molar-refractivity contribution in [3.63, 3.8) is 0 Å². The second-order valence-corrected chi connectivity index (χ2v) is 7.11. The summed E-state index contributed by atoms with van der Waals surface area (Å²) in [7, 11) is 1.54. The van der Waals surface area contributed by atoms with Crippen molar-refractivity contribution in [2.75, 3.05) is 19.0 Å². The molecule has 6 nitrogen and oxygen atoms in total. The van der Waals surface area contributed by atoms with E-state index in [-0.39, 0.29) is 17.9 Å². The van der Waals surface area contributed by atoms with Gasteiger partial charge in [0.05, 0.1) is 24.1 Å². The summed E-state index contributed by atoms with van der Waals surface area (Å²) in [4.78, 5) is 32.3. The highest BCUT2D eigenvalue weighted by molar-refractivity contribution is 6.08. The number of pyridine rings is 1. The maximum absolute atomic E-state index is 13.2. The van der Waals surface area contributed by atoms with Crippen molar-refractivity contribution >= 4 is 17.5 Å². The first-order valence-electron chi connectivity index (χ1n) is 9.33. The zero-order chi connectivity index (χ0) is 19.0. The van der Waals surface area contributed by atoms with Gasteiger partial charge in [0, 0.05) is 24.5 Å². The van der Waals surface area contributed by atoms with Gasteiger partial charge in [0.2, 0.25) is 11.8 Å². The lowest BCUT2D eigenvalue weighted by molar-refractivity contribution is -0.121. The van der Waals surface area contributed by atoms with Crippen molar-refractivity contribution in [1.82, 2.24) is 9.88 Å². The quantitative estimate of drug-likeness (QED) is 0.904. The van der Waals surface area contributed by atoms with Crippen LogP contribution in [0.4, 0.5) is 5.69 Å². The lowest BCUT2D eigenvalue weighted by atomic mass is 9.73. The molecule has 1 saturated heterocycles. The number of anilines is 1. The van der Waals surface area contributed by atoms with E-state index in [9.17, 15) is 9.59 Å². The average Bonchev–Trinajstić information content (AvgIpc) is 3.21. The number of hydrogen-bond acceptors (Lipinski definition) is 4. The molecule has 0 bridgehead atoms. The fraction of sp³-hybridized carbons (Fsp3) is 0.381. The Morgan fingerprint density at radius 1 is 1.33 bits per heavy atom. The van der Waals surface area contributed by atoms with Crippen LogP contribution in [0.2, 0.25) is 0 Å². The first kappa shape index (κ1) is 17.5. The Morgan fingerprint density at radius 2 is 2.15 bits per heavy atom. The number of methoxy groups -OCH3 is 1. The summed E-state index contributed by atoms with van der Waals surface area (Å²) in [5, 5.41) is 3.03. The van der Waals surface area contributed by atoms with E-state index in [1.54, 1.807) is 19.2 Å². The Bertz CT molecular complexity index is 880. The normalized spacial score (nSPS) is 23.4. The standard InChI is InChI=1S/C21H23N3O3/c1-3-6-17-21(15-7-4-5-8-16(15)23-20(21)26)11-12-24(17)19(25)14-9-10-18(27-2)22-13-14/h4-5,7-10,13,17H,3,6,11-12H2,1-2H3,(H,23,26)/t17-,21-/m0/s1. The van der Waals surface area contributed by atoms with E-state index in [1.807, 2.05) is 29.2 Å². The van der Waals surface area contributed by atoms with Gasteiger partial charge in [-0.2, -0.15) is 0 Å². The van der Waals surface area contributed by atoms with E-state index in [0.717, 1.165) is 24.1 Å². The second kappa shape index (κ2) is 6.68. The summed E-state index contributed by atoms with van der Waals surface area (Å²) in [5.41, 5.74) is 1.73. The summed E-state index contributed by atoms with van der Waals surface area (Å²) in [6, 6.07) is 11.1. The van der Waals surface area contributed by atoms with Gasteiger partial charge in [-0.3, -0.25) is 9.59 Å². The third kappa shape index (κ3) is 2.59. The van der Waals surface area contributed by atoms with Crippen LogP contribution in [0.5, 0.6) is 5.88 Å². The number of nitrogens with one attached hydrogen (secondary N) is 1. The van der Waals surface area contributed by atoms with Gasteiger partial charge in [0.15, 0.2) is 0 Å². The summed E-state index contributed by atoms with van der Waals surface area (Å²) < 4.78 is 5.07. The summed E-state index contributed by atoms with van der Waals surface area (Å²) in [6.07, 6.45) is 3.84. The van der Waals surface area contributed by atoms with Crippen LogP contribution in [0.15, 0.2) is 42.6 Å². The molecular formula is C21H23N3O3. The molecule has 2 aliphatic rings. The van der Waals surface area contributed by atoms with Crippen molar-refractivity contribution < 1.29 is 14.3 Å². The van der Waals surface area contributed by atoms with Crippen molar-refractivity contribution in [2.24, 2.45) is 0 Å². The van der Waals surface area contributed by atoms with Crippen LogP contribution in [0.25, 0.3) is 0 Å². The van der Waals surface area contributed by atoms with Crippen LogP contribution >= 0.6 is 0 Å². The third-order valence-corrected chi connectivity index (χ3v) is 5.77. The number of aromatic nitrogens is 1. The van der Waals surface area contributed by atoms with Gasteiger partial charge in [-0.25, -0.2) is 4.98 Å². The van der Waals surface area contributed by atoms with Gasteiger partial charge >= 0.3 is 0 Å². The molecule has 1 aromatic carbocycles. The van der Waals surface area contributed by atoms with Gasteiger partial charge in [-0.1, -0.05) is 31.5 Å². The molecule has 2 aromatic rings. The number of likely N-dealkylation sites (tertiary alicyclic amines) is 1. The van der Waals surface area contributed by atoms with Crippen molar-refractivity contribution in [1.29, 1.82) is 0 Å². The van der Waals surface area contributed by atoms with Gasteiger partial charge in [-0.15, -0.1) is 0 Å². The molecule has 1 aromatic heterocycles. The number of benzene rings is 1. The monoisotopic (exact) mass is 365 g/mol. The highest BCUT2D eigenvalue weighted by atomic mass is 16.5. The van der Waals surface area contributed by atoms with Gasteiger partial charge in [0.1, 0.15) is 0 Å². The lowest BCUT2D eigenvalue weighted by Crippen LogP contribution is -2.48. The van der Waals surface area contributed by atoms with Crippen molar-refractivity contribution in [3.8, 4) is 5.88 Å². The molecule has 2 amide bonds. The Labute approximate surface area is 158 Å². The molecule has 6 heteroatoms. The van der Waals surface area contributed by atoms with Crippen molar-refractivity contribution in [2.45, 2.75) is 37.6 Å². The van der Waals surface area contributed by atoms with E-state index in [1.165, 1.54) is 6.20 Å². The maximum Gasteiger partial charge on any atom is 0.255 e. The number of fused-ring (bicyclic) bond motifs is 2. The summed E-state index contributed by atoms with van der Waals surface area (Å²) in [5.74, 6) is 0.390. The van der Waals surface area contributed by atoms with Crippen LogP contribution in [-0.4, -0.2) is 41.4 Å². The minimum atomic E-state index is -0.665. The molecule has 1 spiro atoms. The topological polar surface area (TPSA) is 71.5 Å². The first-order valence-corrected chi connectivity index (χ1v) is 9.33. The van der Waals surface area contributed by atoms with Gasteiger partial charge < -0.3 is 15.0 Å². The largest absolute Gasteiger partial charge is 0.481 e. The molecule has 140 valence electrons. The molecule has 2 atom stereocenters. The molecule has 2 aliphatic heterocycles. The Kier molecular flexibility index (Phi) is 4.34. The molecule has 27 heavy (non-hydrogen) atoms. The van der Waals surface area contributed by atoms with Crippen LogP contribution in [-0.2, 0) is 10.2 Å². The van der Waals surface area contributed by atoms with Crippen LogP contribution in [0, 0.1) is 0 Å². The molecule has 1 N–H and O–H groups in total. The van der Waals surface area contributed by atoms with E-state index in [4.69, 9.17) is 4.74 Å². The predicted octanol–water partition coefficient (Wildman–Crippen LogP) is 2.99. The van der Waals surface area contributed by atoms with Crippen LogP contribution in [0.3, 0.4) is 0 Å². The summed E-state index contributed by atoms with van der Waals surface area (Å²) >= 11 is 0. The van der Waals surface area contributed by atoms with E-state index >= 15 is 0 Å². The molecular weight excluding hydrogens is 342 g/mol. The predicted molar refractivity (Wildman–Crippen MR) is 102 cm³/mol. The number of ether oxygens (including phenoxy) is 1. The second-order valence-electron chi connectivity index (χ2n) is 7.11. The van der Waals surface area contributed by atoms with Crippen molar-refractivity contribution in [3.05, 3.63) is 53.7 Å². The number of nitrogens with zero attached hydrogens (tertiary/aromatic N) is 2. The van der Waals surface area contributed by atoms with Crippen LogP contribution in [0.1, 0.15) is 42.1 Å². The summed E-state index contributed by atoms with van der Waals surface area (Å²) in [6.45, 7) is 2.64. The highest BCUT2D eigenvalue weighted by Crippen LogP contribution is 2.49. The van der Waals surface area contributed by atoms with Gasteiger partial charge in [-0.05, 0) is 30.5 Å². The number of carbonyl (C=O) groups is 2. The molecule has 1 fully saturated rings. The smallest absolute Gasteiger partial charge is 0.255 e. The zero-order valence-electron chi connectivity index (χ0n) is 15.6. The number of amides is 2. The van der Waals surface area contributed by atoms with E-state index in [2.05, 4.69) is 17.2 Å². The molecule has 0 unspecified atom stereocenters. The number of hydrogen-bond donors (Lipinski definition) is 1. The maximum atomic E-state index is 13.2. The molecule has 0 aliphatic carbocycles. The molecule has 0 radical (unpaired) electrons. The zero-order valence-corrected chi connectivity index (χ0v) is 15.6. The fourth-order valence-electron chi connectivity index (χ4n) is 4.51. The Hall–Kier alpha value is -2.89. The third-order valence-electron chi connectivity index (χ3n) is 5.77. The molecule has 3 heterocycles. The minimum absolute atomic E-state index is 0.00491. The minimum Gasteiger partial charge on any atom is -0.481 e. The number of carbonyl (C=O) groups excluding carboxylic acids is 2. The van der Waals surface area contributed by atoms with E-state index < -0.39 is 5.41 Å². The first-order chi connectivity index (χ1) is 13.1. The fourth-order valence-corrected chi connectivity index (χ4v) is 4.51. The van der Waals surface area contributed by atoms with Gasteiger partial charge in [0.25, 0.3) is 5.91 Å². The Morgan fingerprint density at radius 3 is 2.85 bits per heavy atom. The number of para-hydroxylation sites is 1. The average molecular weight is 365 g/mol. The lowest BCUT2D eigenvalue weighted by Gasteiger charge is -2.34. The molecule has 0 saturated carbocycles. The van der Waals surface area contributed by atoms with E-state index in [0.29, 0.717) is 24.4 Å².